The Kier molecular flexibility index (Phi) is 24.9. The van der Waals surface area contributed by atoms with Crippen LogP contribution in [0, 0.1) is 0 Å². The lowest BCUT2D eigenvalue weighted by Crippen LogP contribution is -2.37. The van der Waals surface area contributed by atoms with Gasteiger partial charge in [0.15, 0.2) is 0 Å². The number of likely N-dealkylation sites (N-methyl/N-ethyl adjacent to an activating group) is 1. The number of carbonyl (C=O) groups is 1. The molecule has 0 spiro atoms. The van der Waals surface area contributed by atoms with Gasteiger partial charge in [0.25, 0.3) is 0 Å². The van der Waals surface area contributed by atoms with Crippen LogP contribution in [0.3, 0.4) is 0 Å². The van der Waals surface area contributed by atoms with E-state index in [9.17, 15) is 14.3 Å². The predicted molar refractivity (Wildman–Crippen MR) is 160 cm³/mol. The maximum Gasteiger partial charge on any atom is 0.472 e. The topological polar surface area (TPSA) is 91.3 Å². The molecule has 0 rings (SSSR count). The molecule has 0 amide bonds. The molecule has 1 unspecified atom stereocenters. The Balaban J connectivity index is 3.89. The smallest absolute Gasteiger partial charge is 0.457 e. The van der Waals surface area contributed by atoms with Crippen molar-refractivity contribution in [3.8, 4) is 0 Å². The highest BCUT2D eigenvalue weighted by atomic mass is 31.2. The standard InChI is InChI=1S/C30H62NO7P/c1-6-8-9-10-11-12-13-14-15-16-17-18-19-20-21-22-25-35-27-29(38-30(32)23-7-2)28-37-39(33,34)36-26-24-31(3,4)5/h29H,6-28H2,1-5H3/p+1/t29-/m1/s1. The molecule has 0 aliphatic heterocycles. The minimum atomic E-state index is -4.23. The maximum atomic E-state index is 12.2. The number of phosphoric acid groups is 1. The first kappa shape index (κ1) is 38.5. The van der Waals surface area contributed by atoms with E-state index in [4.69, 9.17) is 18.5 Å². The van der Waals surface area contributed by atoms with Crippen LogP contribution in [0.15, 0.2) is 0 Å². The van der Waals surface area contributed by atoms with E-state index in [1.165, 1.54) is 89.9 Å². The molecule has 0 aliphatic carbocycles. The van der Waals surface area contributed by atoms with E-state index < -0.39 is 13.9 Å². The Bertz CT molecular complexity index is 613. The van der Waals surface area contributed by atoms with Crippen LogP contribution in [0.1, 0.15) is 129 Å². The van der Waals surface area contributed by atoms with Crippen molar-refractivity contribution >= 4 is 13.8 Å². The van der Waals surface area contributed by atoms with Gasteiger partial charge in [0, 0.05) is 13.0 Å². The molecule has 0 bridgehead atoms. The van der Waals surface area contributed by atoms with Gasteiger partial charge < -0.3 is 18.9 Å². The molecule has 0 saturated heterocycles. The summed E-state index contributed by atoms with van der Waals surface area (Å²) >= 11 is 0. The van der Waals surface area contributed by atoms with Gasteiger partial charge in [0.1, 0.15) is 19.3 Å². The van der Waals surface area contributed by atoms with Crippen LogP contribution in [-0.4, -0.2) is 75.6 Å². The molecule has 0 aromatic rings. The molecule has 0 heterocycles. The number of nitrogens with zero attached hydrogens (tertiary/aromatic N) is 1. The van der Waals surface area contributed by atoms with Crippen LogP contribution >= 0.6 is 7.82 Å². The summed E-state index contributed by atoms with van der Waals surface area (Å²) in [5.74, 6) is -0.365. The van der Waals surface area contributed by atoms with Gasteiger partial charge in [0.2, 0.25) is 0 Å². The van der Waals surface area contributed by atoms with Crippen LogP contribution in [0.25, 0.3) is 0 Å². The summed E-state index contributed by atoms with van der Waals surface area (Å²) in [5.41, 5.74) is 0. The van der Waals surface area contributed by atoms with E-state index in [-0.39, 0.29) is 32.2 Å². The van der Waals surface area contributed by atoms with E-state index in [0.29, 0.717) is 24.1 Å². The Morgan fingerprint density at radius 1 is 0.692 bits per heavy atom. The highest BCUT2D eigenvalue weighted by Crippen LogP contribution is 2.43. The van der Waals surface area contributed by atoms with Crippen molar-refractivity contribution < 1.29 is 37.3 Å². The first-order chi connectivity index (χ1) is 18.6. The molecule has 0 fully saturated rings. The zero-order valence-electron chi connectivity index (χ0n) is 26.1. The van der Waals surface area contributed by atoms with Crippen LogP contribution < -0.4 is 0 Å². The quantitative estimate of drug-likeness (QED) is 0.0417. The summed E-state index contributed by atoms with van der Waals surface area (Å²) in [7, 11) is 1.67. The van der Waals surface area contributed by atoms with Crippen molar-refractivity contribution in [3.05, 3.63) is 0 Å². The van der Waals surface area contributed by atoms with Crippen LogP contribution in [0.4, 0.5) is 0 Å². The summed E-state index contributed by atoms with van der Waals surface area (Å²) in [4.78, 5) is 21.9. The van der Waals surface area contributed by atoms with Gasteiger partial charge in [0.05, 0.1) is 34.4 Å². The van der Waals surface area contributed by atoms with Crippen LogP contribution in [-0.2, 0) is 27.9 Å². The molecule has 2 atom stereocenters. The van der Waals surface area contributed by atoms with Crippen molar-refractivity contribution in [1.29, 1.82) is 0 Å². The number of carbonyl (C=O) groups excluding carboxylic acids is 1. The largest absolute Gasteiger partial charge is 0.472 e. The van der Waals surface area contributed by atoms with E-state index in [1.54, 1.807) is 0 Å². The average Bonchev–Trinajstić information content (AvgIpc) is 2.85. The van der Waals surface area contributed by atoms with Crippen molar-refractivity contribution in [2.45, 2.75) is 136 Å². The van der Waals surface area contributed by atoms with Crippen molar-refractivity contribution in [2.24, 2.45) is 0 Å². The number of unbranched alkanes of at least 4 members (excludes halogenated alkanes) is 15. The molecule has 0 aromatic carbocycles. The van der Waals surface area contributed by atoms with Gasteiger partial charge in [-0.3, -0.25) is 13.8 Å². The third-order valence-corrected chi connectivity index (χ3v) is 7.62. The number of esters is 1. The Morgan fingerprint density at radius 2 is 1.18 bits per heavy atom. The van der Waals surface area contributed by atoms with E-state index in [0.717, 1.165) is 12.8 Å². The third kappa shape index (κ3) is 28.8. The van der Waals surface area contributed by atoms with Gasteiger partial charge in [-0.25, -0.2) is 4.57 Å². The summed E-state index contributed by atoms with van der Waals surface area (Å²) in [6, 6.07) is 0. The lowest BCUT2D eigenvalue weighted by Gasteiger charge is -2.24. The fourth-order valence-electron chi connectivity index (χ4n) is 4.18. The molecule has 234 valence electrons. The third-order valence-electron chi connectivity index (χ3n) is 6.64. The summed E-state index contributed by atoms with van der Waals surface area (Å²) in [5, 5.41) is 0. The highest BCUT2D eigenvalue weighted by molar-refractivity contribution is 7.47. The Hall–Kier alpha value is -0.500. The van der Waals surface area contributed by atoms with Crippen LogP contribution in [0.2, 0.25) is 0 Å². The molecular formula is C30H63NO7P+. The number of hydrogen-bond donors (Lipinski definition) is 1. The molecule has 1 N–H and O–H groups in total. The molecule has 8 nitrogen and oxygen atoms in total. The Morgan fingerprint density at radius 3 is 1.64 bits per heavy atom. The van der Waals surface area contributed by atoms with Crippen molar-refractivity contribution in [1.82, 2.24) is 0 Å². The highest BCUT2D eigenvalue weighted by Gasteiger charge is 2.26. The molecule has 0 aromatic heterocycles. The zero-order chi connectivity index (χ0) is 29.2. The number of phosphoric ester groups is 1. The van der Waals surface area contributed by atoms with E-state index in [1.807, 2.05) is 28.1 Å². The SMILES string of the molecule is CCCCCCCCCCCCCCCCCCOC[C@H](COP(=O)(O)OCC[N+](C)(C)C)OC(=O)CCC. The molecule has 0 radical (unpaired) electrons. The number of hydrogen-bond acceptors (Lipinski definition) is 6. The summed E-state index contributed by atoms with van der Waals surface area (Å²) in [6.45, 7) is 5.27. The van der Waals surface area contributed by atoms with Gasteiger partial charge in [-0.2, -0.15) is 0 Å². The minimum Gasteiger partial charge on any atom is -0.457 e. The first-order valence-corrected chi connectivity index (χ1v) is 17.3. The van der Waals surface area contributed by atoms with Gasteiger partial charge in [-0.15, -0.1) is 0 Å². The summed E-state index contributed by atoms with van der Waals surface area (Å²) in [6.07, 6.45) is 21.3. The van der Waals surface area contributed by atoms with Crippen molar-refractivity contribution in [2.75, 3.05) is 54.1 Å². The normalized spacial score (nSPS) is 14.3. The van der Waals surface area contributed by atoms with Gasteiger partial charge in [-0.05, 0) is 12.8 Å². The molecule has 0 aliphatic rings. The number of quaternary nitrogens is 1. The van der Waals surface area contributed by atoms with E-state index in [2.05, 4.69) is 6.92 Å². The van der Waals surface area contributed by atoms with Crippen molar-refractivity contribution in [3.63, 3.8) is 0 Å². The first-order valence-electron chi connectivity index (χ1n) is 15.8. The second kappa shape index (κ2) is 25.2. The van der Waals surface area contributed by atoms with Gasteiger partial charge >= 0.3 is 13.8 Å². The van der Waals surface area contributed by atoms with E-state index >= 15 is 0 Å². The molecular weight excluding hydrogens is 517 g/mol. The van der Waals surface area contributed by atoms with Crippen LogP contribution in [0.5, 0.6) is 0 Å². The second-order valence-corrected chi connectivity index (χ2v) is 13.3. The molecule has 9 heteroatoms. The predicted octanol–water partition coefficient (Wildman–Crippen LogP) is 7.82. The molecule has 0 saturated carbocycles. The maximum absolute atomic E-state index is 12.2. The molecule has 39 heavy (non-hydrogen) atoms. The Labute approximate surface area is 240 Å². The number of ether oxygens (including phenoxy) is 2. The monoisotopic (exact) mass is 580 g/mol. The second-order valence-electron chi connectivity index (χ2n) is 11.9. The fraction of sp³-hybridized carbons (Fsp3) is 0.967. The lowest BCUT2D eigenvalue weighted by atomic mass is 10.0. The average molecular weight is 581 g/mol. The fourth-order valence-corrected chi connectivity index (χ4v) is 4.92. The lowest BCUT2D eigenvalue weighted by molar-refractivity contribution is -0.870. The van der Waals surface area contributed by atoms with Gasteiger partial charge in [-0.1, -0.05) is 110 Å². The minimum absolute atomic E-state index is 0.0906. The zero-order valence-corrected chi connectivity index (χ0v) is 27.0. The number of rotatable bonds is 29. The summed E-state index contributed by atoms with van der Waals surface area (Å²) < 4.78 is 34.0.